The number of nitrogens with zero attached hydrogens (tertiary/aromatic N) is 1. The van der Waals surface area contributed by atoms with Crippen LogP contribution in [0.3, 0.4) is 0 Å². The first kappa shape index (κ1) is 15.6. The fourth-order valence-electron chi connectivity index (χ4n) is 3.84. The van der Waals surface area contributed by atoms with Crippen LogP contribution in [-0.2, 0) is 9.59 Å². The molecular formula is C14H24ClN3O2. The topological polar surface area (TPSA) is 61.4 Å². The molecule has 0 aromatic rings. The molecule has 3 aliphatic rings. The van der Waals surface area contributed by atoms with Gasteiger partial charge in [0.05, 0.1) is 0 Å². The highest BCUT2D eigenvalue weighted by molar-refractivity contribution is 5.90. The lowest BCUT2D eigenvalue weighted by atomic mass is 9.91. The van der Waals surface area contributed by atoms with E-state index in [2.05, 4.69) is 10.6 Å². The smallest absolute Gasteiger partial charge is 0.242 e. The Balaban J connectivity index is 0.00000147. The van der Waals surface area contributed by atoms with Gasteiger partial charge in [-0.1, -0.05) is 0 Å². The fraction of sp³-hybridized carbons (Fsp3) is 0.857. The molecule has 0 aromatic carbocycles. The number of halogens is 1. The Morgan fingerprint density at radius 3 is 2.65 bits per heavy atom. The highest BCUT2D eigenvalue weighted by Crippen LogP contribution is 2.59. The number of hydrogen-bond donors (Lipinski definition) is 2. The van der Waals surface area contributed by atoms with Crippen LogP contribution in [-0.4, -0.2) is 49.4 Å². The van der Waals surface area contributed by atoms with Crippen molar-refractivity contribution < 1.29 is 9.59 Å². The van der Waals surface area contributed by atoms with Crippen molar-refractivity contribution in [3.63, 3.8) is 0 Å². The average molecular weight is 302 g/mol. The van der Waals surface area contributed by atoms with Gasteiger partial charge in [0.15, 0.2) is 0 Å². The average Bonchev–Trinajstić information content (AvgIpc) is 2.91. The molecule has 2 aliphatic heterocycles. The molecule has 1 aliphatic carbocycles. The van der Waals surface area contributed by atoms with Crippen LogP contribution in [0.25, 0.3) is 0 Å². The van der Waals surface area contributed by atoms with Gasteiger partial charge in [-0.15, -0.1) is 12.4 Å². The maximum absolute atomic E-state index is 12.6. The summed E-state index contributed by atoms with van der Waals surface area (Å²) in [6.07, 6.45) is 5.02. The normalized spacial score (nSPS) is 30.8. The molecule has 2 heterocycles. The van der Waals surface area contributed by atoms with E-state index in [-0.39, 0.29) is 41.6 Å². The minimum absolute atomic E-state index is 0. The number of carbonyl (C=O) groups excluding carboxylic acids is 2. The number of hydrogen-bond acceptors (Lipinski definition) is 3. The zero-order valence-electron chi connectivity index (χ0n) is 12.0. The van der Waals surface area contributed by atoms with Crippen LogP contribution in [0.1, 0.15) is 32.1 Å². The van der Waals surface area contributed by atoms with Crippen LogP contribution in [0, 0.1) is 11.3 Å². The van der Waals surface area contributed by atoms with E-state index in [1.807, 2.05) is 4.90 Å². The van der Waals surface area contributed by atoms with Crippen LogP contribution in [0.15, 0.2) is 0 Å². The number of likely N-dealkylation sites (tertiary alicyclic amines) is 1. The Hall–Kier alpha value is -0.810. The summed E-state index contributed by atoms with van der Waals surface area (Å²) < 4.78 is 0. The molecule has 3 fully saturated rings. The number of likely N-dealkylation sites (N-methyl/N-ethyl adjacent to an activating group) is 1. The molecule has 2 amide bonds. The van der Waals surface area contributed by atoms with Gasteiger partial charge in [-0.3, -0.25) is 9.59 Å². The molecule has 6 heteroatoms. The van der Waals surface area contributed by atoms with Gasteiger partial charge in [-0.05, 0) is 50.6 Å². The molecule has 2 atom stereocenters. The standard InChI is InChI=1S/C14H23N3O2.ClH/c1-15-12(18)11-3-2-8-17(11)13(19)10-9-14(10)4-6-16-7-5-14;/h10-11,16H,2-9H2,1H3,(H,15,18);1H. The van der Waals surface area contributed by atoms with E-state index in [1.165, 1.54) is 0 Å². The number of nitrogens with one attached hydrogen (secondary N) is 2. The number of rotatable bonds is 2. The van der Waals surface area contributed by atoms with E-state index < -0.39 is 0 Å². The van der Waals surface area contributed by atoms with Crippen LogP contribution in [0.5, 0.6) is 0 Å². The molecule has 5 nitrogen and oxygen atoms in total. The van der Waals surface area contributed by atoms with Gasteiger partial charge in [0.25, 0.3) is 0 Å². The van der Waals surface area contributed by atoms with Crippen molar-refractivity contribution in [2.45, 2.75) is 38.1 Å². The van der Waals surface area contributed by atoms with Gasteiger partial charge in [-0.25, -0.2) is 0 Å². The summed E-state index contributed by atoms with van der Waals surface area (Å²) in [6.45, 7) is 2.81. The summed E-state index contributed by atoms with van der Waals surface area (Å²) in [5, 5.41) is 6.04. The monoisotopic (exact) mass is 301 g/mol. The number of carbonyl (C=O) groups is 2. The number of amides is 2. The van der Waals surface area contributed by atoms with Crippen LogP contribution < -0.4 is 10.6 Å². The molecule has 1 spiro atoms. The summed E-state index contributed by atoms with van der Waals surface area (Å²) in [7, 11) is 1.65. The third kappa shape index (κ3) is 2.53. The van der Waals surface area contributed by atoms with Gasteiger partial charge in [0, 0.05) is 19.5 Å². The Labute approximate surface area is 126 Å². The van der Waals surface area contributed by atoms with Crippen molar-refractivity contribution in [3.05, 3.63) is 0 Å². The Morgan fingerprint density at radius 2 is 2.00 bits per heavy atom. The minimum Gasteiger partial charge on any atom is -0.357 e. The van der Waals surface area contributed by atoms with E-state index in [0.717, 1.165) is 51.7 Å². The van der Waals surface area contributed by atoms with Crippen molar-refractivity contribution in [2.75, 3.05) is 26.7 Å². The second-order valence-corrected chi connectivity index (χ2v) is 6.17. The maximum atomic E-state index is 12.6. The predicted molar refractivity (Wildman–Crippen MR) is 78.7 cm³/mol. The van der Waals surface area contributed by atoms with Gasteiger partial charge >= 0.3 is 0 Å². The Kier molecular flexibility index (Phi) is 4.59. The molecule has 2 unspecified atom stereocenters. The highest BCUT2D eigenvalue weighted by Gasteiger charge is 2.59. The SMILES string of the molecule is CNC(=O)C1CCCN1C(=O)C1CC12CCNCC2.Cl. The zero-order chi connectivity index (χ0) is 13.5. The minimum atomic E-state index is -0.225. The molecule has 2 N–H and O–H groups in total. The Morgan fingerprint density at radius 1 is 1.30 bits per heavy atom. The van der Waals surface area contributed by atoms with E-state index in [9.17, 15) is 9.59 Å². The summed E-state index contributed by atoms with van der Waals surface area (Å²) in [5.41, 5.74) is 0.262. The first-order valence-electron chi connectivity index (χ1n) is 7.41. The quantitative estimate of drug-likeness (QED) is 0.782. The molecule has 114 valence electrons. The first-order chi connectivity index (χ1) is 9.18. The second kappa shape index (κ2) is 5.90. The first-order valence-corrected chi connectivity index (χ1v) is 7.41. The van der Waals surface area contributed by atoms with Crippen molar-refractivity contribution in [3.8, 4) is 0 Å². The van der Waals surface area contributed by atoms with Crippen molar-refractivity contribution >= 4 is 24.2 Å². The summed E-state index contributed by atoms with van der Waals surface area (Å²) in [5.74, 6) is 0.402. The molecule has 0 radical (unpaired) electrons. The second-order valence-electron chi connectivity index (χ2n) is 6.17. The summed E-state index contributed by atoms with van der Waals surface area (Å²) in [4.78, 5) is 26.3. The molecular weight excluding hydrogens is 278 g/mol. The summed E-state index contributed by atoms with van der Waals surface area (Å²) in [6, 6.07) is -0.225. The van der Waals surface area contributed by atoms with E-state index in [4.69, 9.17) is 0 Å². The molecule has 3 rings (SSSR count). The predicted octanol–water partition coefficient (Wildman–Crippen LogP) is 0.535. The molecule has 0 aromatic heterocycles. The molecule has 20 heavy (non-hydrogen) atoms. The van der Waals surface area contributed by atoms with Crippen LogP contribution in [0.4, 0.5) is 0 Å². The molecule has 1 saturated carbocycles. The lowest BCUT2D eigenvalue weighted by Gasteiger charge is -2.27. The highest BCUT2D eigenvalue weighted by atomic mass is 35.5. The maximum Gasteiger partial charge on any atom is 0.242 e. The lowest BCUT2D eigenvalue weighted by Crippen LogP contribution is -2.46. The van der Waals surface area contributed by atoms with Gasteiger partial charge in [-0.2, -0.15) is 0 Å². The van der Waals surface area contributed by atoms with E-state index >= 15 is 0 Å². The van der Waals surface area contributed by atoms with E-state index in [0.29, 0.717) is 0 Å². The van der Waals surface area contributed by atoms with Gasteiger partial charge < -0.3 is 15.5 Å². The number of piperidine rings is 1. The Bertz CT molecular complexity index is 396. The fourth-order valence-corrected chi connectivity index (χ4v) is 3.84. The van der Waals surface area contributed by atoms with Crippen molar-refractivity contribution in [1.29, 1.82) is 0 Å². The van der Waals surface area contributed by atoms with Gasteiger partial charge in [0.2, 0.25) is 11.8 Å². The van der Waals surface area contributed by atoms with Crippen LogP contribution >= 0.6 is 12.4 Å². The summed E-state index contributed by atoms with van der Waals surface area (Å²) >= 11 is 0. The van der Waals surface area contributed by atoms with Crippen molar-refractivity contribution in [2.24, 2.45) is 11.3 Å². The van der Waals surface area contributed by atoms with E-state index in [1.54, 1.807) is 7.05 Å². The van der Waals surface area contributed by atoms with Gasteiger partial charge in [0.1, 0.15) is 6.04 Å². The van der Waals surface area contributed by atoms with Crippen molar-refractivity contribution in [1.82, 2.24) is 15.5 Å². The largest absolute Gasteiger partial charge is 0.357 e. The lowest BCUT2D eigenvalue weighted by molar-refractivity contribution is -0.140. The third-order valence-corrected chi connectivity index (χ3v) is 5.17. The molecule has 0 bridgehead atoms. The van der Waals surface area contributed by atoms with Crippen LogP contribution in [0.2, 0.25) is 0 Å². The zero-order valence-corrected chi connectivity index (χ0v) is 12.8. The third-order valence-electron chi connectivity index (χ3n) is 5.17. The molecule has 2 saturated heterocycles.